The number of aromatic amines is 1. The lowest BCUT2D eigenvalue weighted by Gasteiger charge is -2.34. The number of H-pyrrole nitrogens is 1. The maximum Gasteiger partial charge on any atom is 0.252 e. The van der Waals surface area contributed by atoms with Gasteiger partial charge in [0.25, 0.3) is 6.71 Å². The van der Waals surface area contributed by atoms with Crippen LogP contribution >= 0.6 is 0 Å². The van der Waals surface area contributed by atoms with Crippen LogP contribution in [0.15, 0.2) is 243 Å². The molecule has 0 spiro atoms. The van der Waals surface area contributed by atoms with Gasteiger partial charge in [-0.2, -0.15) is 0 Å². The first kappa shape index (κ1) is 43.6. The van der Waals surface area contributed by atoms with Crippen molar-refractivity contribution in [2.45, 2.75) is 52.4 Å². The summed E-state index contributed by atoms with van der Waals surface area (Å²) in [6.07, 6.45) is 0. The first-order valence-electron chi connectivity index (χ1n) is 32.2. The van der Waals surface area contributed by atoms with Crippen LogP contribution < -0.4 is 16.4 Å². The lowest BCUT2D eigenvalue weighted by Crippen LogP contribution is -2.59. The molecule has 6 heterocycles. The Bertz CT molecular complexity index is 5790. The van der Waals surface area contributed by atoms with Crippen molar-refractivity contribution in [3.05, 3.63) is 254 Å². The fourth-order valence-electron chi connectivity index (χ4n) is 15.1. The third-order valence-corrected chi connectivity index (χ3v) is 19.0. The van der Waals surface area contributed by atoms with Gasteiger partial charge in [-0.3, -0.25) is 0 Å². The minimum absolute atomic E-state index is 0.0836. The molecule has 5 heteroatoms. The fraction of sp³-hybridized carbons (Fsp3) is 0.100. The van der Waals surface area contributed by atoms with Gasteiger partial charge in [0.05, 0.1) is 45.6 Å². The van der Waals surface area contributed by atoms with Crippen molar-refractivity contribution in [2.24, 2.45) is 0 Å². The molecule has 0 saturated heterocycles. The molecule has 0 saturated carbocycles. The highest BCUT2D eigenvalue weighted by Gasteiger charge is 2.43. The monoisotopic (exact) mass is 1090 g/mol. The Morgan fingerprint density at radius 1 is 0.388 bits per heavy atom. The second kappa shape index (κ2) is 17.2. The summed E-state index contributed by atoms with van der Waals surface area (Å²) in [4.78, 5) is 4.15. The second-order valence-corrected chi connectivity index (χ2v) is 25.7. The highest BCUT2D eigenvalue weighted by Crippen LogP contribution is 2.48. The number of nitrogens with zero attached hydrogens (tertiary/aromatic N) is 3. The number of hydrogen-bond donors (Lipinski definition) is 1. The molecule has 0 radical (unpaired) electrons. The van der Waals surface area contributed by atoms with Gasteiger partial charge in [-0.1, -0.05) is 223 Å². The zero-order chi connectivity index (χ0) is 61.1. The third-order valence-electron chi connectivity index (χ3n) is 19.0. The summed E-state index contributed by atoms with van der Waals surface area (Å²) < 4.78 is 52.2. The summed E-state index contributed by atoms with van der Waals surface area (Å²) >= 11 is 0. The van der Waals surface area contributed by atoms with E-state index in [0.29, 0.717) is 5.56 Å². The van der Waals surface area contributed by atoms with E-state index >= 15 is 0 Å². The van der Waals surface area contributed by atoms with E-state index in [9.17, 15) is 2.74 Å². The minimum Gasteiger partial charge on any atom is -0.354 e. The predicted octanol–water partition coefficient (Wildman–Crippen LogP) is 19.0. The van der Waals surface area contributed by atoms with E-state index in [1.165, 1.54) is 71.3 Å². The lowest BCUT2D eigenvalue weighted by molar-refractivity contribution is 0.590. The lowest BCUT2D eigenvalue weighted by atomic mass is 9.34. The van der Waals surface area contributed by atoms with Gasteiger partial charge in [0.1, 0.15) is 0 Å². The van der Waals surface area contributed by atoms with E-state index in [4.69, 9.17) is 4.11 Å². The zero-order valence-electron chi connectivity index (χ0n) is 53.1. The highest BCUT2D eigenvalue weighted by molar-refractivity contribution is 7.00. The molecule has 4 nitrogen and oxygen atoms in total. The molecule has 4 aromatic heterocycles. The normalized spacial score (nSPS) is 13.9. The summed E-state index contributed by atoms with van der Waals surface area (Å²) in [6.45, 7) is 13.5. The number of fused-ring (bicyclic) bond motifs is 17. The van der Waals surface area contributed by atoms with Crippen LogP contribution in [0.4, 0.5) is 0 Å². The quantitative estimate of drug-likeness (QED) is 0.167. The number of para-hydroxylation sites is 3. The third kappa shape index (κ3) is 6.75. The molecule has 0 unspecified atom stereocenters. The Morgan fingerprint density at radius 2 is 0.953 bits per heavy atom. The van der Waals surface area contributed by atoms with Crippen molar-refractivity contribution in [1.82, 2.24) is 18.7 Å². The molecule has 0 fully saturated rings. The van der Waals surface area contributed by atoms with E-state index in [-0.39, 0.29) is 47.3 Å². The van der Waals surface area contributed by atoms with Crippen LogP contribution in [0.1, 0.15) is 59.5 Å². The van der Waals surface area contributed by atoms with Crippen molar-refractivity contribution < 1.29 is 6.85 Å². The molecule has 2 aliphatic rings. The van der Waals surface area contributed by atoms with Crippen LogP contribution in [0.25, 0.3) is 149 Å². The van der Waals surface area contributed by atoms with Crippen molar-refractivity contribution in [1.29, 1.82) is 0 Å². The van der Waals surface area contributed by atoms with Gasteiger partial charge in [0.2, 0.25) is 0 Å². The SMILES string of the molecule is [2H]c1c([2H])c([2H])c(-c2ccc3c(c2)c2cc(-n4c5ccc(C(C)(C)C)cc5c5cc(C(C)(C)C)ccc54)cc4c2n3-c2cc3[nH]c5c(-c6ccccc6-c6ccccc6-c6ccccc6)cccc5c3c3c2B4c2cccc4c5ccccc5n-3c24)c([2H])c1[2H]. The summed E-state index contributed by atoms with van der Waals surface area (Å²) in [5.41, 5.74) is 25.5. The molecule has 0 atom stereocenters. The number of hydrogen-bond acceptors (Lipinski definition) is 0. The fourth-order valence-corrected chi connectivity index (χ4v) is 15.1. The maximum atomic E-state index is 9.26. The standard InChI is InChI=1S/C80H59BN4/c1-79(2,3)50-36-39-69-62(42-50)63-43-51(80(4,5)6)37-40-70(63)83(69)52-44-64-61-41-49(47-21-9-7-10-22-47)35-38-71(61)84-72-46-67-73(78-74(72)81(66(45-52)77(64)84)65-33-20-31-59-57-29-17-18-34-68(57)85(78)76(59)65)60-32-19-30-58(75(60)82-67)56-28-16-15-27-55(56)54-26-14-13-25-53(54)48-23-11-8-12-24-48/h7-46,82H,1-6H3/i7D,9D,10D,21D,22D. The smallest absolute Gasteiger partial charge is 0.252 e. The Morgan fingerprint density at radius 3 is 1.68 bits per heavy atom. The van der Waals surface area contributed by atoms with Crippen molar-refractivity contribution in [2.75, 3.05) is 0 Å². The Labute approximate surface area is 501 Å². The summed E-state index contributed by atoms with van der Waals surface area (Å²) in [5, 5.41) is 9.02. The number of aromatic nitrogens is 4. The average Bonchev–Trinajstić information content (AvgIpc) is 1.44. The molecule has 16 aromatic rings. The number of nitrogens with one attached hydrogen (secondary N) is 1. The van der Waals surface area contributed by atoms with Gasteiger partial charge in [-0.05, 0) is 138 Å². The molecular formula is C80H59BN4. The zero-order valence-corrected chi connectivity index (χ0v) is 48.1. The summed E-state index contributed by atoms with van der Waals surface area (Å²) in [5.74, 6) is 0. The molecule has 402 valence electrons. The Balaban J connectivity index is 0.988. The molecule has 12 aromatic carbocycles. The second-order valence-electron chi connectivity index (χ2n) is 25.7. The first-order chi connectivity index (χ1) is 43.5. The van der Waals surface area contributed by atoms with Crippen molar-refractivity contribution in [3.8, 4) is 61.6 Å². The van der Waals surface area contributed by atoms with Crippen LogP contribution in [0, 0.1) is 0 Å². The highest BCUT2D eigenvalue weighted by atomic mass is 15.0. The van der Waals surface area contributed by atoms with E-state index < -0.39 is 6.04 Å². The van der Waals surface area contributed by atoms with Crippen LogP contribution in [-0.4, -0.2) is 25.4 Å². The molecule has 0 amide bonds. The van der Waals surface area contributed by atoms with Crippen molar-refractivity contribution in [3.63, 3.8) is 0 Å². The Kier molecular flexibility index (Phi) is 8.84. The molecule has 1 N–H and O–H groups in total. The molecular weight excluding hydrogens is 1030 g/mol. The molecule has 0 bridgehead atoms. The van der Waals surface area contributed by atoms with Crippen LogP contribution in [0.2, 0.25) is 0 Å². The van der Waals surface area contributed by atoms with Gasteiger partial charge >= 0.3 is 0 Å². The van der Waals surface area contributed by atoms with Gasteiger partial charge in [-0.25, -0.2) is 0 Å². The van der Waals surface area contributed by atoms with Gasteiger partial charge in [-0.15, -0.1) is 0 Å². The van der Waals surface area contributed by atoms with E-state index in [0.717, 1.165) is 93.9 Å². The topological polar surface area (TPSA) is 30.6 Å². The average molecular weight is 1090 g/mol. The first-order valence-corrected chi connectivity index (χ1v) is 29.7. The van der Waals surface area contributed by atoms with Gasteiger partial charge in [0, 0.05) is 71.1 Å². The summed E-state index contributed by atoms with van der Waals surface area (Å²) in [6, 6.07) is 76.6. The van der Waals surface area contributed by atoms with Crippen LogP contribution in [0.5, 0.6) is 0 Å². The van der Waals surface area contributed by atoms with Gasteiger partial charge in [0.15, 0.2) is 0 Å². The van der Waals surface area contributed by atoms with Crippen molar-refractivity contribution >= 4 is 110 Å². The van der Waals surface area contributed by atoms with E-state index in [2.05, 4.69) is 266 Å². The summed E-state index contributed by atoms with van der Waals surface area (Å²) in [7, 11) is 0. The largest absolute Gasteiger partial charge is 0.354 e. The maximum absolute atomic E-state index is 9.26. The molecule has 18 rings (SSSR count). The molecule has 0 aliphatic carbocycles. The molecule has 85 heavy (non-hydrogen) atoms. The van der Waals surface area contributed by atoms with Crippen LogP contribution in [0.3, 0.4) is 0 Å². The molecule has 2 aliphatic heterocycles. The van der Waals surface area contributed by atoms with Gasteiger partial charge < -0.3 is 18.7 Å². The Hall–Kier alpha value is -10.1. The number of rotatable bonds is 5. The predicted molar refractivity (Wildman–Crippen MR) is 363 cm³/mol. The van der Waals surface area contributed by atoms with Crippen LogP contribution in [-0.2, 0) is 10.8 Å². The minimum atomic E-state index is -0.410. The van der Waals surface area contributed by atoms with E-state index in [1.54, 1.807) is 0 Å². The van der Waals surface area contributed by atoms with E-state index in [1.807, 2.05) is 6.07 Å². The number of benzene rings is 12.